The van der Waals surface area contributed by atoms with Gasteiger partial charge in [0.25, 0.3) is 0 Å². The lowest BCUT2D eigenvalue weighted by atomic mass is 9.78. The van der Waals surface area contributed by atoms with Crippen LogP contribution in [0.1, 0.15) is 40.0 Å². The van der Waals surface area contributed by atoms with Gasteiger partial charge in [-0.3, -0.25) is 9.59 Å². The number of esters is 2. The summed E-state index contributed by atoms with van der Waals surface area (Å²) in [6.07, 6.45) is 1.57. The first kappa shape index (κ1) is 25.1. The minimum absolute atomic E-state index is 0.118. The van der Waals surface area contributed by atoms with Crippen LogP contribution in [-0.4, -0.2) is 46.9 Å². The van der Waals surface area contributed by atoms with Crippen molar-refractivity contribution in [2.24, 2.45) is 11.3 Å². The van der Waals surface area contributed by atoms with Crippen molar-refractivity contribution in [1.29, 1.82) is 0 Å². The number of carbonyl (C=O) groups is 2. The molecule has 1 aliphatic heterocycles. The molecule has 2 aromatic rings. The first-order chi connectivity index (χ1) is 15.9. The summed E-state index contributed by atoms with van der Waals surface area (Å²) in [4.78, 5) is 25.7. The second-order valence-corrected chi connectivity index (χ2v) is 11.5. The molecule has 0 radical (unpaired) electrons. The van der Waals surface area contributed by atoms with Crippen LogP contribution in [0.2, 0.25) is 0 Å². The molecule has 33 heavy (non-hydrogen) atoms. The fourth-order valence-electron chi connectivity index (χ4n) is 4.11. The lowest BCUT2D eigenvalue weighted by Gasteiger charge is -2.33. The normalized spacial score (nSPS) is 24.9. The molecule has 0 N–H and O–H groups in total. The van der Waals surface area contributed by atoms with Gasteiger partial charge in [-0.2, -0.15) is 0 Å². The molecule has 0 bridgehead atoms. The monoisotopic (exact) mass is 470 g/mol. The van der Waals surface area contributed by atoms with Gasteiger partial charge < -0.3 is 18.3 Å². The van der Waals surface area contributed by atoms with Crippen LogP contribution < -0.4 is 10.4 Å². The maximum Gasteiger partial charge on any atom is 0.407 e. The van der Waals surface area contributed by atoms with E-state index in [2.05, 4.69) is 0 Å². The van der Waals surface area contributed by atoms with Gasteiger partial charge >= 0.3 is 20.5 Å². The van der Waals surface area contributed by atoms with Gasteiger partial charge in [-0.1, -0.05) is 74.5 Å². The van der Waals surface area contributed by atoms with Crippen LogP contribution >= 0.6 is 0 Å². The average Bonchev–Trinajstić information content (AvgIpc) is 2.86. The molecule has 0 amide bonds. The summed E-state index contributed by atoms with van der Waals surface area (Å²) < 4.78 is 24.1. The van der Waals surface area contributed by atoms with Crippen LogP contribution in [0.15, 0.2) is 60.7 Å². The van der Waals surface area contributed by atoms with Crippen molar-refractivity contribution in [3.8, 4) is 0 Å². The molecule has 1 heterocycles. The number of cyclic esters (lactones) is 2. The molecular weight excluding hydrogens is 436 g/mol. The predicted octanol–water partition coefficient (Wildman–Crippen LogP) is 3.21. The highest BCUT2D eigenvalue weighted by molar-refractivity contribution is 6.92. The van der Waals surface area contributed by atoms with E-state index in [1.165, 1.54) is 0 Å². The first-order valence-electron chi connectivity index (χ1n) is 11.7. The maximum absolute atomic E-state index is 13.0. The number of rotatable bonds is 4. The quantitative estimate of drug-likeness (QED) is 0.505. The second-order valence-electron chi connectivity index (χ2n) is 8.57. The minimum Gasteiger partial charge on any atom is -0.463 e. The van der Waals surface area contributed by atoms with Crippen LogP contribution in [0.3, 0.4) is 0 Å². The molecule has 7 heteroatoms. The van der Waals surface area contributed by atoms with E-state index in [1.54, 1.807) is 0 Å². The highest BCUT2D eigenvalue weighted by atomic mass is 28.4. The smallest absolute Gasteiger partial charge is 0.407 e. The molecule has 6 nitrogen and oxygen atoms in total. The van der Waals surface area contributed by atoms with Crippen LogP contribution in [0, 0.1) is 11.3 Å². The second kappa shape index (κ2) is 11.6. The Morgan fingerprint density at radius 2 is 1.33 bits per heavy atom. The van der Waals surface area contributed by atoms with E-state index in [0.717, 1.165) is 10.4 Å². The Morgan fingerprint density at radius 3 is 1.82 bits per heavy atom. The van der Waals surface area contributed by atoms with Crippen molar-refractivity contribution in [2.75, 3.05) is 26.4 Å². The third-order valence-corrected chi connectivity index (χ3v) is 9.77. The Bertz CT molecular complexity index is 864. The molecule has 0 saturated carbocycles. The maximum atomic E-state index is 13.0. The first-order valence-corrected chi connectivity index (χ1v) is 13.5. The molecule has 3 rings (SSSR count). The van der Waals surface area contributed by atoms with E-state index < -0.39 is 14.0 Å². The number of hydrogen-bond donors (Lipinski definition) is 0. The third-order valence-electron chi connectivity index (χ3n) is 6.36. The van der Waals surface area contributed by atoms with Crippen molar-refractivity contribution in [1.82, 2.24) is 0 Å². The van der Waals surface area contributed by atoms with E-state index in [9.17, 15) is 9.59 Å². The Labute approximate surface area is 197 Å². The summed E-state index contributed by atoms with van der Waals surface area (Å²) in [5.41, 5.74) is -0.756. The van der Waals surface area contributed by atoms with E-state index >= 15 is 0 Å². The Balaban J connectivity index is 1.94. The lowest BCUT2D eigenvalue weighted by Crippen LogP contribution is -2.64. The Kier molecular flexibility index (Phi) is 8.83. The fraction of sp³-hybridized carbons (Fsp3) is 0.462. The van der Waals surface area contributed by atoms with Crippen molar-refractivity contribution < 1.29 is 27.9 Å². The summed E-state index contributed by atoms with van der Waals surface area (Å²) >= 11 is 0. The van der Waals surface area contributed by atoms with Crippen LogP contribution in [0.25, 0.3) is 0 Å². The molecule has 0 aromatic heterocycles. The summed E-state index contributed by atoms with van der Waals surface area (Å²) in [5, 5.41) is 1.87. The summed E-state index contributed by atoms with van der Waals surface area (Å²) in [6.45, 7) is 6.39. The van der Waals surface area contributed by atoms with Crippen molar-refractivity contribution in [3.05, 3.63) is 60.7 Å². The van der Waals surface area contributed by atoms with Gasteiger partial charge in [0, 0.05) is 0 Å². The van der Waals surface area contributed by atoms with Gasteiger partial charge in [-0.05, 0) is 36.6 Å². The predicted molar refractivity (Wildman–Crippen MR) is 129 cm³/mol. The zero-order valence-electron chi connectivity index (χ0n) is 19.8. The number of hydrogen-bond acceptors (Lipinski definition) is 6. The van der Waals surface area contributed by atoms with E-state index in [-0.39, 0.29) is 44.3 Å². The molecule has 2 atom stereocenters. The molecule has 0 aliphatic carbocycles. The number of carbonyl (C=O) groups excluding carboxylic acids is 2. The molecular formula is C26H34O6Si. The van der Waals surface area contributed by atoms with E-state index in [4.69, 9.17) is 18.3 Å². The highest BCUT2D eigenvalue weighted by Gasteiger charge is 2.43. The van der Waals surface area contributed by atoms with Gasteiger partial charge in [0.15, 0.2) is 0 Å². The molecule has 178 valence electrons. The lowest BCUT2D eigenvalue weighted by molar-refractivity contribution is -0.160. The van der Waals surface area contributed by atoms with Gasteiger partial charge in [0.2, 0.25) is 0 Å². The molecule has 1 fully saturated rings. The van der Waals surface area contributed by atoms with Gasteiger partial charge in [0.05, 0.1) is 24.5 Å². The Hall–Kier alpha value is -2.48. The van der Waals surface area contributed by atoms with Crippen LogP contribution in [-0.2, 0) is 27.9 Å². The van der Waals surface area contributed by atoms with Crippen molar-refractivity contribution in [3.63, 3.8) is 0 Å². The van der Waals surface area contributed by atoms with Crippen LogP contribution in [0.4, 0.5) is 0 Å². The molecule has 2 unspecified atom stereocenters. The largest absolute Gasteiger partial charge is 0.463 e. The molecule has 0 spiro atoms. The number of benzene rings is 2. The van der Waals surface area contributed by atoms with E-state index in [0.29, 0.717) is 19.3 Å². The minimum atomic E-state index is -3.14. The zero-order chi connectivity index (χ0) is 23.7. The summed E-state index contributed by atoms with van der Waals surface area (Å²) in [6, 6.07) is 19.6. The SMILES string of the molecule is CCC1CC(C)(CC)C(=O)OCCO[Si](c2ccccc2)(c2ccccc2)OCCOC1=O. The van der Waals surface area contributed by atoms with Gasteiger partial charge in [-0.15, -0.1) is 0 Å². The van der Waals surface area contributed by atoms with Gasteiger partial charge in [-0.25, -0.2) is 0 Å². The average molecular weight is 471 g/mol. The van der Waals surface area contributed by atoms with Crippen molar-refractivity contribution >= 4 is 30.9 Å². The highest BCUT2D eigenvalue weighted by Crippen LogP contribution is 2.33. The van der Waals surface area contributed by atoms with Gasteiger partial charge in [0.1, 0.15) is 13.2 Å². The van der Waals surface area contributed by atoms with E-state index in [1.807, 2.05) is 81.4 Å². The molecule has 1 aliphatic rings. The third kappa shape index (κ3) is 5.91. The standard InChI is InChI=1S/C26H34O6Si/c1-4-21-20-26(3,5-2)25(28)30-17-19-32-33(22-12-8-6-9-13-22,23-14-10-7-11-15-23)31-18-16-29-24(21)27/h6-15,21H,4-5,16-20H2,1-3H3. The van der Waals surface area contributed by atoms with Crippen LogP contribution in [0.5, 0.6) is 0 Å². The Morgan fingerprint density at radius 1 is 0.818 bits per heavy atom. The van der Waals surface area contributed by atoms with Crippen molar-refractivity contribution in [2.45, 2.75) is 40.0 Å². The topological polar surface area (TPSA) is 71.1 Å². The molecule has 1 saturated heterocycles. The fourth-order valence-corrected chi connectivity index (χ4v) is 7.19. The molecule has 2 aromatic carbocycles. The summed E-state index contributed by atoms with van der Waals surface area (Å²) in [5.74, 6) is -0.991. The number of ether oxygens (including phenoxy) is 2. The zero-order valence-corrected chi connectivity index (χ0v) is 20.8. The summed E-state index contributed by atoms with van der Waals surface area (Å²) in [7, 11) is -3.14.